The van der Waals surface area contributed by atoms with Crippen molar-refractivity contribution >= 4 is 0 Å². The maximum absolute atomic E-state index is 10.00. The Bertz CT molecular complexity index is 491. The van der Waals surface area contributed by atoms with Gasteiger partial charge in [0.25, 0.3) is 0 Å². The highest BCUT2D eigenvalue weighted by molar-refractivity contribution is 5.39. The van der Waals surface area contributed by atoms with E-state index in [9.17, 15) is 5.11 Å². The van der Waals surface area contributed by atoms with E-state index in [-0.39, 0.29) is 6.61 Å². The Balaban J connectivity index is 2.04. The second-order valence-electron chi connectivity index (χ2n) is 4.33. The molecule has 1 N–H and O–H groups in total. The standard InChI is InChI=1S/C15H17NO2/c1-11-5-3-6-12(2)15(11)18-10-14(17)13-7-4-8-16-9-13/h3-9,14,17H,10H2,1-2H3. The molecule has 1 aromatic carbocycles. The van der Waals surface area contributed by atoms with E-state index in [0.29, 0.717) is 0 Å². The quantitative estimate of drug-likeness (QED) is 0.897. The van der Waals surface area contributed by atoms with E-state index in [2.05, 4.69) is 4.98 Å². The van der Waals surface area contributed by atoms with Crippen molar-refractivity contribution in [3.05, 3.63) is 59.4 Å². The smallest absolute Gasteiger partial charge is 0.125 e. The van der Waals surface area contributed by atoms with Gasteiger partial charge >= 0.3 is 0 Å². The maximum atomic E-state index is 10.00. The third-order valence-corrected chi connectivity index (χ3v) is 2.86. The SMILES string of the molecule is Cc1cccc(C)c1OCC(O)c1cccnc1. The summed E-state index contributed by atoms with van der Waals surface area (Å²) in [6.07, 6.45) is 2.68. The minimum atomic E-state index is -0.655. The van der Waals surface area contributed by atoms with Crippen molar-refractivity contribution in [2.45, 2.75) is 20.0 Å². The normalized spacial score (nSPS) is 12.2. The Morgan fingerprint density at radius 1 is 1.17 bits per heavy atom. The molecule has 0 bridgehead atoms. The van der Waals surface area contributed by atoms with Crippen LogP contribution in [0.2, 0.25) is 0 Å². The van der Waals surface area contributed by atoms with E-state index in [4.69, 9.17) is 4.74 Å². The van der Waals surface area contributed by atoms with E-state index in [1.165, 1.54) is 0 Å². The van der Waals surface area contributed by atoms with Gasteiger partial charge in [0, 0.05) is 18.0 Å². The Kier molecular flexibility index (Phi) is 3.95. The Morgan fingerprint density at radius 3 is 2.50 bits per heavy atom. The highest BCUT2D eigenvalue weighted by atomic mass is 16.5. The Morgan fingerprint density at radius 2 is 1.89 bits per heavy atom. The number of aliphatic hydroxyl groups excluding tert-OH is 1. The fraction of sp³-hybridized carbons (Fsp3) is 0.267. The van der Waals surface area contributed by atoms with E-state index < -0.39 is 6.10 Å². The number of aromatic nitrogens is 1. The van der Waals surface area contributed by atoms with E-state index in [0.717, 1.165) is 22.4 Å². The summed E-state index contributed by atoms with van der Waals surface area (Å²) < 4.78 is 5.71. The molecule has 18 heavy (non-hydrogen) atoms. The largest absolute Gasteiger partial charge is 0.490 e. The van der Waals surface area contributed by atoms with Gasteiger partial charge in [-0.3, -0.25) is 4.98 Å². The highest BCUT2D eigenvalue weighted by Gasteiger charge is 2.10. The van der Waals surface area contributed by atoms with Gasteiger partial charge in [0.2, 0.25) is 0 Å². The van der Waals surface area contributed by atoms with Crippen LogP contribution in [0.1, 0.15) is 22.8 Å². The van der Waals surface area contributed by atoms with E-state index in [1.807, 2.05) is 38.1 Å². The molecular formula is C15H17NO2. The molecule has 0 aliphatic heterocycles. The molecule has 3 nitrogen and oxygen atoms in total. The van der Waals surface area contributed by atoms with E-state index >= 15 is 0 Å². The minimum Gasteiger partial charge on any atom is -0.490 e. The number of rotatable bonds is 4. The number of ether oxygens (including phenoxy) is 1. The number of pyridine rings is 1. The Hall–Kier alpha value is -1.87. The van der Waals surface area contributed by atoms with Gasteiger partial charge in [0.1, 0.15) is 18.5 Å². The molecule has 1 unspecified atom stereocenters. The van der Waals surface area contributed by atoms with Crippen LogP contribution in [0, 0.1) is 13.8 Å². The molecule has 0 saturated carbocycles. The molecular weight excluding hydrogens is 226 g/mol. The first-order chi connectivity index (χ1) is 8.68. The fourth-order valence-electron chi connectivity index (χ4n) is 1.86. The van der Waals surface area contributed by atoms with Gasteiger partial charge in [-0.2, -0.15) is 0 Å². The lowest BCUT2D eigenvalue weighted by molar-refractivity contribution is 0.107. The monoisotopic (exact) mass is 243 g/mol. The van der Waals surface area contributed by atoms with Crippen molar-refractivity contribution in [1.82, 2.24) is 4.98 Å². The number of benzene rings is 1. The molecule has 0 spiro atoms. The van der Waals surface area contributed by atoms with Crippen molar-refractivity contribution in [2.24, 2.45) is 0 Å². The van der Waals surface area contributed by atoms with Crippen LogP contribution >= 0.6 is 0 Å². The van der Waals surface area contributed by atoms with Crippen molar-refractivity contribution in [3.63, 3.8) is 0 Å². The average molecular weight is 243 g/mol. The third kappa shape index (κ3) is 2.87. The predicted octanol–water partition coefficient (Wildman–Crippen LogP) is 2.81. The lowest BCUT2D eigenvalue weighted by atomic mass is 10.1. The summed E-state index contributed by atoms with van der Waals surface area (Å²) in [6, 6.07) is 9.63. The van der Waals surface area contributed by atoms with Crippen LogP contribution in [-0.2, 0) is 0 Å². The van der Waals surface area contributed by atoms with Crippen molar-refractivity contribution in [1.29, 1.82) is 0 Å². The zero-order valence-electron chi connectivity index (χ0n) is 10.6. The molecule has 1 aromatic heterocycles. The molecule has 94 valence electrons. The zero-order chi connectivity index (χ0) is 13.0. The fourth-order valence-corrected chi connectivity index (χ4v) is 1.86. The van der Waals surface area contributed by atoms with E-state index in [1.54, 1.807) is 18.5 Å². The van der Waals surface area contributed by atoms with Gasteiger partial charge < -0.3 is 9.84 Å². The van der Waals surface area contributed by atoms with Gasteiger partial charge in [-0.15, -0.1) is 0 Å². The molecule has 0 saturated heterocycles. The summed E-state index contributed by atoms with van der Waals surface area (Å²) in [5.41, 5.74) is 2.92. The first-order valence-corrected chi connectivity index (χ1v) is 5.95. The second-order valence-corrected chi connectivity index (χ2v) is 4.33. The molecule has 1 heterocycles. The summed E-state index contributed by atoms with van der Waals surface area (Å²) >= 11 is 0. The van der Waals surface area contributed by atoms with Crippen LogP contribution in [-0.4, -0.2) is 16.7 Å². The molecule has 1 atom stereocenters. The third-order valence-electron chi connectivity index (χ3n) is 2.86. The molecule has 0 aliphatic rings. The zero-order valence-corrected chi connectivity index (χ0v) is 10.6. The van der Waals surface area contributed by atoms with Gasteiger partial charge in [-0.25, -0.2) is 0 Å². The first kappa shape index (κ1) is 12.6. The number of hydrogen-bond acceptors (Lipinski definition) is 3. The molecule has 0 aliphatic carbocycles. The molecule has 2 aromatic rings. The van der Waals surface area contributed by atoms with Crippen LogP contribution in [0.3, 0.4) is 0 Å². The molecule has 3 heteroatoms. The number of nitrogens with zero attached hydrogens (tertiary/aromatic N) is 1. The van der Waals surface area contributed by atoms with Gasteiger partial charge in [0.05, 0.1) is 0 Å². The summed E-state index contributed by atoms with van der Waals surface area (Å²) in [5.74, 6) is 0.848. The van der Waals surface area contributed by atoms with Crippen LogP contribution in [0.25, 0.3) is 0 Å². The van der Waals surface area contributed by atoms with Crippen molar-refractivity contribution in [3.8, 4) is 5.75 Å². The summed E-state index contributed by atoms with van der Waals surface area (Å²) in [7, 11) is 0. The Labute approximate surface area is 107 Å². The lowest BCUT2D eigenvalue weighted by Crippen LogP contribution is -2.11. The molecule has 0 fully saturated rings. The van der Waals surface area contributed by atoms with Crippen LogP contribution in [0.5, 0.6) is 5.75 Å². The summed E-state index contributed by atoms with van der Waals surface area (Å²) in [4.78, 5) is 3.98. The summed E-state index contributed by atoms with van der Waals surface area (Å²) in [6.45, 7) is 4.23. The van der Waals surface area contributed by atoms with Gasteiger partial charge in [-0.05, 0) is 31.0 Å². The highest BCUT2D eigenvalue weighted by Crippen LogP contribution is 2.23. The van der Waals surface area contributed by atoms with Crippen LogP contribution < -0.4 is 4.74 Å². The maximum Gasteiger partial charge on any atom is 0.125 e. The summed E-state index contributed by atoms with van der Waals surface area (Å²) in [5, 5.41) is 10.00. The van der Waals surface area contributed by atoms with Crippen molar-refractivity contribution in [2.75, 3.05) is 6.61 Å². The molecule has 0 amide bonds. The lowest BCUT2D eigenvalue weighted by Gasteiger charge is -2.15. The van der Waals surface area contributed by atoms with Crippen molar-refractivity contribution < 1.29 is 9.84 Å². The van der Waals surface area contributed by atoms with Crippen LogP contribution in [0.4, 0.5) is 0 Å². The minimum absolute atomic E-state index is 0.234. The topological polar surface area (TPSA) is 42.4 Å². The van der Waals surface area contributed by atoms with Gasteiger partial charge in [0.15, 0.2) is 0 Å². The number of hydrogen-bond donors (Lipinski definition) is 1. The molecule has 0 radical (unpaired) electrons. The predicted molar refractivity (Wildman–Crippen MR) is 70.6 cm³/mol. The number of aryl methyl sites for hydroxylation is 2. The van der Waals surface area contributed by atoms with Gasteiger partial charge in [-0.1, -0.05) is 24.3 Å². The number of para-hydroxylation sites is 1. The first-order valence-electron chi connectivity index (χ1n) is 5.95. The number of aliphatic hydroxyl groups is 1. The molecule has 2 rings (SSSR count). The average Bonchev–Trinajstić information content (AvgIpc) is 2.39. The van der Waals surface area contributed by atoms with Crippen LogP contribution in [0.15, 0.2) is 42.7 Å². The second kappa shape index (κ2) is 5.65.